The third-order valence-corrected chi connectivity index (χ3v) is 12.3. The van der Waals surface area contributed by atoms with Crippen molar-refractivity contribution in [1.82, 2.24) is 24.9 Å². The Morgan fingerprint density at radius 1 is 0.327 bits per heavy atom. The van der Waals surface area contributed by atoms with Crippen molar-refractivity contribution in [2.75, 3.05) is 0 Å². The third kappa shape index (κ3) is 5.66. The van der Waals surface area contributed by atoms with Gasteiger partial charge in [-0.3, -0.25) is 0 Å². The van der Waals surface area contributed by atoms with Crippen LogP contribution in [0.5, 0.6) is 0 Å². The smallest absolute Gasteiger partial charge is 0.164 e. The lowest BCUT2D eigenvalue weighted by Gasteiger charge is -2.73. The van der Waals surface area contributed by atoms with Crippen LogP contribution in [0.15, 0.2) is 170 Å². The van der Waals surface area contributed by atoms with E-state index in [-0.39, 0.29) is 0 Å². The summed E-state index contributed by atoms with van der Waals surface area (Å²) in [5.74, 6) is 7.36. The highest BCUT2D eigenvalue weighted by Crippen LogP contribution is 2.75. The minimum absolute atomic E-state index is 0.637. The molecule has 8 aromatic rings. The molecule has 0 spiro atoms. The van der Waals surface area contributed by atoms with Crippen molar-refractivity contribution in [2.45, 2.75) is 18.8 Å². The summed E-state index contributed by atoms with van der Waals surface area (Å²) < 4.78 is 0. The summed E-state index contributed by atoms with van der Waals surface area (Å²) in [6, 6.07) is 58.9. The molecule has 2 unspecified atom stereocenters. The molecule has 0 saturated heterocycles. The Labute approximate surface area is 320 Å². The van der Waals surface area contributed by atoms with Crippen LogP contribution >= 0.6 is 0 Å². The van der Waals surface area contributed by atoms with Crippen LogP contribution in [0.25, 0.3) is 79.2 Å². The molecule has 3 saturated carbocycles. The molecular weight excluding hydrogens is 671 g/mol. The summed E-state index contributed by atoms with van der Waals surface area (Å²) in [5, 5.41) is 0. The van der Waals surface area contributed by atoms with Crippen molar-refractivity contribution >= 4 is 0 Å². The van der Waals surface area contributed by atoms with Crippen molar-refractivity contribution < 1.29 is 0 Å². The minimum Gasteiger partial charge on any atom is -0.228 e. The maximum absolute atomic E-state index is 5.16. The highest BCUT2D eigenvalue weighted by Gasteiger charge is 2.67. The van der Waals surface area contributed by atoms with Crippen LogP contribution in [0.1, 0.15) is 24.3 Å². The van der Waals surface area contributed by atoms with Gasteiger partial charge in [0.2, 0.25) is 0 Å². The zero-order valence-electron chi connectivity index (χ0n) is 30.2. The van der Waals surface area contributed by atoms with Gasteiger partial charge in [-0.25, -0.2) is 24.9 Å². The van der Waals surface area contributed by atoms with E-state index in [1.807, 2.05) is 66.7 Å². The van der Waals surface area contributed by atoms with Gasteiger partial charge >= 0.3 is 0 Å². The monoisotopic (exact) mass is 707 g/mol. The van der Waals surface area contributed by atoms with Crippen LogP contribution in [0, 0.1) is 23.7 Å². The fourth-order valence-electron chi connectivity index (χ4n) is 9.43. The molecule has 3 aliphatic carbocycles. The topological polar surface area (TPSA) is 64.5 Å². The van der Waals surface area contributed by atoms with Gasteiger partial charge in [0.1, 0.15) is 0 Å². The molecule has 2 atom stereocenters. The van der Waals surface area contributed by atoms with E-state index in [2.05, 4.69) is 103 Å². The molecule has 0 radical (unpaired) electrons. The van der Waals surface area contributed by atoms with Crippen molar-refractivity contribution in [3.05, 3.63) is 175 Å². The number of hydrogen-bond acceptors (Lipinski definition) is 5. The third-order valence-electron chi connectivity index (χ3n) is 12.3. The Morgan fingerprint density at radius 3 is 1.29 bits per heavy atom. The van der Waals surface area contributed by atoms with Crippen molar-refractivity contribution in [3.8, 4) is 79.2 Å². The molecular formula is C50H37N5. The lowest BCUT2D eigenvalue weighted by atomic mass is 9.31. The van der Waals surface area contributed by atoms with E-state index in [1.54, 1.807) is 0 Å². The van der Waals surface area contributed by atoms with E-state index in [0.717, 1.165) is 91.3 Å². The number of aromatic nitrogens is 5. The molecule has 0 bridgehead atoms. The Balaban J connectivity index is 0.919. The maximum atomic E-state index is 5.16. The first kappa shape index (κ1) is 31.9. The van der Waals surface area contributed by atoms with E-state index in [1.165, 1.54) is 18.4 Å². The predicted octanol–water partition coefficient (Wildman–Crippen LogP) is 11.7. The highest BCUT2D eigenvalue weighted by molar-refractivity contribution is 5.76. The zero-order valence-corrected chi connectivity index (χ0v) is 30.2. The summed E-state index contributed by atoms with van der Waals surface area (Å²) in [4.78, 5) is 25.0. The van der Waals surface area contributed by atoms with Gasteiger partial charge in [0, 0.05) is 33.4 Å². The molecule has 2 aromatic heterocycles. The fourth-order valence-corrected chi connectivity index (χ4v) is 9.43. The van der Waals surface area contributed by atoms with E-state index in [4.69, 9.17) is 24.9 Å². The molecule has 262 valence electrons. The van der Waals surface area contributed by atoms with Crippen LogP contribution in [0.3, 0.4) is 0 Å². The van der Waals surface area contributed by atoms with Gasteiger partial charge in [-0.05, 0) is 71.3 Å². The summed E-state index contributed by atoms with van der Waals surface area (Å²) in [7, 11) is 0. The highest BCUT2D eigenvalue weighted by atomic mass is 15.0. The second-order valence-corrected chi connectivity index (χ2v) is 15.3. The van der Waals surface area contributed by atoms with Crippen LogP contribution in [-0.4, -0.2) is 24.9 Å². The lowest BCUT2D eigenvalue weighted by Crippen LogP contribution is -2.65. The van der Waals surface area contributed by atoms with Crippen molar-refractivity contribution in [2.24, 2.45) is 23.7 Å². The number of hydrogen-bond donors (Lipinski definition) is 0. The molecule has 0 aliphatic heterocycles. The summed E-state index contributed by atoms with van der Waals surface area (Å²) in [5.41, 5.74) is 11.5. The largest absolute Gasteiger partial charge is 0.228 e. The first-order valence-corrected chi connectivity index (χ1v) is 19.3. The molecule has 3 aliphatic rings. The van der Waals surface area contributed by atoms with Crippen molar-refractivity contribution in [1.29, 1.82) is 0 Å². The first-order valence-electron chi connectivity index (χ1n) is 19.3. The average molecular weight is 708 g/mol. The minimum atomic E-state index is 0.637. The zero-order chi connectivity index (χ0) is 36.3. The van der Waals surface area contributed by atoms with Gasteiger partial charge in [0.25, 0.3) is 0 Å². The van der Waals surface area contributed by atoms with Gasteiger partial charge in [0.05, 0.1) is 11.4 Å². The number of benzene rings is 6. The SMILES string of the molecule is c1ccc(-c2cc(-c3ccc(-c4cccc(-c5nc(-c6ccccc6)nc(-c6ccccc6)n5)c4)cc3)nc(-c3ccc(C4C5CC6CC4C65)cc3)n2)cc1. The maximum Gasteiger partial charge on any atom is 0.164 e. The van der Waals surface area contributed by atoms with Gasteiger partial charge < -0.3 is 0 Å². The van der Waals surface area contributed by atoms with E-state index in [0.29, 0.717) is 17.5 Å². The average Bonchev–Trinajstić information content (AvgIpc) is 3.27. The summed E-state index contributed by atoms with van der Waals surface area (Å²) in [6.07, 6.45) is 2.88. The van der Waals surface area contributed by atoms with Crippen molar-refractivity contribution in [3.63, 3.8) is 0 Å². The number of rotatable bonds is 8. The van der Waals surface area contributed by atoms with Gasteiger partial charge in [0.15, 0.2) is 23.3 Å². The lowest BCUT2D eigenvalue weighted by molar-refractivity contribution is -0.214. The Hall–Kier alpha value is -6.59. The predicted molar refractivity (Wildman–Crippen MR) is 219 cm³/mol. The van der Waals surface area contributed by atoms with Crippen LogP contribution < -0.4 is 0 Å². The summed E-state index contributed by atoms with van der Waals surface area (Å²) >= 11 is 0. The second-order valence-electron chi connectivity index (χ2n) is 15.3. The standard InChI is InChI=1S/C50H37N5/c1-4-11-32(12-5-1)43-30-44(52-47(51-43)37-25-23-34(24-26-37)45-41-28-40-29-42(45)46(40)41)33-21-19-31(20-22-33)38-17-10-18-39(27-38)50-54-48(35-13-6-2-7-14-35)53-49(55-50)36-15-8-3-9-16-36/h1-27,30,40-42,45-46H,28-29H2. The first-order chi connectivity index (χ1) is 27.2. The van der Waals surface area contributed by atoms with Gasteiger partial charge in [-0.1, -0.05) is 158 Å². The van der Waals surface area contributed by atoms with Crippen LogP contribution in [-0.2, 0) is 0 Å². The van der Waals surface area contributed by atoms with Crippen LogP contribution in [0.2, 0.25) is 0 Å². The molecule has 3 fully saturated rings. The van der Waals surface area contributed by atoms with E-state index in [9.17, 15) is 0 Å². The molecule has 2 heterocycles. The molecule has 0 amide bonds. The molecule has 55 heavy (non-hydrogen) atoms. The Kier molecular flexibility index (Phi) is 7.58. The molecule has 11 rings (SSSR count). The molecule has 5 heteroatoms. The quantitative estimate of drug-likeness (QED) is 0.157. The molecule has 6 aromatic carbocycles. The number of nitrogens with zero attached hydrogens (tertiary/aromatic N) is 5. The van der Waals surface area contributed by atoms with E-state index < -0.39 is 0 Å². The Morgan fingerprint density at radius 2 is 0.745 bits per heavy atom. The van der Waals surface area contributed by atoms with Crippen LogP contribution in [0.4, 0.5) is 0 Å². The normalized spacial score (nSPS) is 20.4. The van der Waals surface area contributed by atoms with Gasteiger partial charge in [-0.2, -0.15) is 0 Å². The molecule has 5 nitrogen and oxygen atoms in total. The van der Waals surface area contributed by atoms with E-state index >= 15 is 0 Å². The fraction of sp³-hybridized carbons (Fsp3) is 0.140. The van der Waals surface area contributed by atoms with Gasteiger partial charge in [-0.15, -0.1) is 0 Å². The molecule has 0 N–H and O–H groups in total. The Bertz CT molecular complexity index is 2590. The summed E-state index contributed by atoms with van der Waals surface area (Å²) in [6.45, 7) is 0. The second kappa shape index (κ2) is 13.1.